The molecule has 2 aromatic rings. The summed E-state index contributed by atoms with van der Waals surface area (Å²) in [6.45, 7) is 0.559. The van der Waals surface area contributed by atoms with Gasteiger partial charge in [-0.15, -0.1) is 5.10 Å². The van der Waals surface area contributed by atoms with Crippen LogP contribution in [0.25, 0.3) is 0 Å². The third kappa shape index (κ3) is 2.19. The summed E-state index contributed by atoms with van der Waals surface area (Å²) < 4.78 is 0. The molecule has 1 aromatic heterocycles. The Morgan fingerprint density at radius 2 is 2.00 bits per heavy atom. The molecule has 0 fully saturated rings. The normalized spacial score (nSPS) is 9.71. The highest BCUT2D eigenvalue weighted by Crippen LogP contribution is 2.03. The van der Waals surface area contributed by atoms with Crippen LogP contribution < -0.4 is 10.6 Å². The molecule has 3 N–H and O–H groups in total. The third-order valence-electron chi connectivity index (χ3n) is 1.66. The van der Waals surface area contributed by atoms with Crippen LogP contribution in [0.3, 0.4) is 0 Å². The minimum atomic E-state index is 0.480. The molecule has 72 valence electrons. The first-order valence-corrected chi connectivity index (χ1v) is 4.21. The average molecular weight is 190 g/mol. The number of nitrogens with zero attached hydrogens (tertiary/aromatic N) is 3. The van der Waals surface area contributed by atoms with E-state index < -0.39 is 0 Å². The van der Waals surface area contributed by atoms with E-state index in [0.717, 1.165) is 5.69 Å². The second kappa shape index (κ2) is 4.22. The Morgan fingerprint density at radius 1 is 1.14 bits per heavy atom. The maximum Gasteiger partial charge on any atom is 0.264 e. The number of hydrogen-bond donors (Lipinski definition) is 3. The molecule has 6 heteroatoms. The zero-order chi connectivity index (χ0) is 9.64. The number of aromatic amines is 1. The quantitative estimate of drug-likeness (QED) is 0.618. The fourth-order valence-electron chi connectivity index (χ4n) is 1.02. The Kier molecular flexibility index (Phi) is 2.56. The van der Waals surface area contributed by atoms with Gasteiger partial charge in [-0.25, -0.2) is 0 Å². The van der Waals surface area contributed by atoms with E-state index in [1.54, 1.807) is 0 Å². The van der Waals surface area contributed by atoms with Crippen molar-refractivity contribution < 1.29 is 0 Å². The Morgan fingerprint density at radius 3 is 2.71 bits per heavy atom. The number of nitrogens with one attached hydrogen (secondary N) is 3. The molecule has 1 aromatic carbocycles. The van der Waals surface area contributed by atoms with Gasteiger partial charge >= 0.3 is 0 Å². The van der Waals surface area contributed by atoms with E-state index in [1.807, 2.05) is 30.3 Å². The van der Waals surface area contributed by atoms with Crippen molar-refractivity contribution in [1.29, 1.82) is 0 Å². The summed E-state index contributed by atoms with van der Waals surface area (Å²) in [5.41, 5.74) is 1.04. The maximum atomic E-state index is 3.75. The van der Waals surface area contributed by atoms with Crippen LogP contribution in [0.15, 0.2) is 30.3 Å². The van der Waals surface area contributed by atoms with Crippen molar-refractivity contribution in [2.24, 2.45) is 0 Å². The van der Waals surface area contributed by atoms with Crippen LogP contribution in [0.5, 0.6) is 0 Å². The molecule has 0 bridgehead atoms. The van der Waals surface area contributed by atoms with Gasteiger partial charge in [-0.1, -0.05) is 23.3 Å². The number of tetrazole rings is 1. The van der Waals surface area contributed by atoms with Gasteiger partial charge in [-0.3, -0.25) is 0 Å². The molecular weight excluding hydrogens is 180 g/mol. The topological polar surface area (TPSA) is 78.5 Å². The highest BCUT2D eigenvalue weighted by atomic mass is 15.5. The fourth-order valence-corrected chi connectivity index (χ4v) is 1.02. The van der Waals surface area contributed by atoms with E-state index in [4.69, 9.17) is 0 Å². The van der Waals surface area contributed by atoms with E-state index in [9.17, 15) is 0 Å². The van der Waals surface area contributed by atoms with Crippen molar-refractivity contribution in [3.8, 4) is 0 Å². The molecule has 0 amide bonds. The van der Waals surface area contributed by atoms with Gasteiger partial charge in [0, 0.05) is 5.69 Å². The summed E-state index contributed by atoms with van der Waals surface area (Å²) in [4.78, 5) is 0. The van der Waals surface area contributed by atoms with Gasteiger partial charge in [0.2, 0.25) is 0 Å². The second-order valence-corrected chi connectivity index (χ2v) is 2.63. The van der Waals surface area contributed by atoms with Crippen LogP contribution >= 0.6 is 0 Å². The lowest BCUT2D eigenvalue weighted by molar-refractivity contribution is 0.881. The summed E-state index contributed by atoms with van der Waals surface area (Å²) >= 11 is 0. The van der Waals surface area contributed by atoms with Crippen molar-refractivity contribution in [3.05, 3.63) is 30.3 Å². The Balaban J connectivity index is 1.79. The summed E-state index contributed by atoms with van der Waals surface area (Å²) in [6.07, 6.45) is 0. The smallest absolute Gasteiger partial charge is 0.264 e. The second-order valence-electron chi connectivity index (χ2n) is 2.63. The lowest BCUT2D eigenvalue weighted by Crippen LogP contribution is -2.12. The molecule has 0 aliphatic heterocycles. The molecule has 0 radical (unpaired) electrons. The number of benzene rings is 1. The highest BCUT2D eigenvalue weighted by Gasteiger charge is 1.93. The van der Waals surface area contributed by atoms with Gasteiger partial charge in [0.15, 0.2) is 0 Å². The standard InChI is InChI=1S/C8H10N6/c1-2-4-7(5-3-1)9-6-10-8-11-13-14-12-8/h1-5,9H,6H2,(H2,10,11,12,13,14). The maximum absolute atomic E-state index is 3.75. The van der Waals surface area contributed by atoms with Gasteiger partial charge in [0.25, 0.3) is 5.95 Å². The van der Waals surface area contributed by atoms with E-state index in [0.29, 0.717) is 12.6 Å². The van der Waals surface area contributed by atoms with E-state index >= 15 is 0 Å². The molecule has 0 saturated carbocycles. The van der Waals surface area contributed by atoms with Gasteiger partial charge < -0.3 is 10.6 Å². The summed E-state index contributed by atoms with van der Waals surface area (Å²) in [7, 11) is 0. The molecule has 0 spiro atoms. The van der Waals surface area contributed by atoms with Crippen LogP contribution in [0.1, 0.15) is 0 Å². The first-order chi connectivity index (χ1) is 6.95. The van der Waals surface area contributed by atoms with Gasteiger partial charge in [0.05, 0.1) is 6.67 Å². The first-order valence-electron chi connectivity index (χ1n) is 4.21. The summed E-state index contributed by atoms with van der Waals surface area (Å²) in [6, 6.07) is 9.88. The van der Waals surface area contributed by atoms with Crippen LogP contribution in [0.2, 0.25) is 0 Å². The highest BCUT2D eigenvalue weighted by molar-refractivity contribution is 5.43. The lowest BCUT2D eigenvalue weighted by Gasteiger charge is -2.05. The number of anilines is 2. The van der Waals surface area contributed by atoms with Gasteiger partial charge in [-0.05, 0) is 17.3 Å². The molecule has 0 unspecified atom stereocenters. The zero-order valence-electron chi connectivity index (χ0n) is 7.44. The Hall–Kier alpha value is -2.11. The van der Waals surface area contributed by atoms with Crippen molar-refractivity contribution >= 4 is 11.6 Å². The molecule has 0 saturated heterocycles. The Labute approximate surface area is 80.7 Å². The van der Waals surface area contributed by atoms with E-state index in [1.165, 1.54) is 0 Å². The predicted octanol–water partition coefficient (Wildman–Crippen LogP) is 0.681. The number of rotatable bonds is 4. The van der Waals surface area contributed by atoms with Crippen LogP contribution in [0.4, 0.5) is 11.6 Å². The van der Waals surface area contributed by atoms with Crippen LogP contribution in [0, 0.1) is 0 Å². The fraction of sp³-hybridized carbons (Fsp3) is 0.125. The molecule has 14 heavy (non-hydrogen) atoms. The average Bonchev–Trinajstić information content (AvgIpc) is 2.72. The van der Waals surface area contributed by atoms with Crippen molar-refractivity contribution in [3.63, 3.8) is 0 Å². The number of H-pyrrole nitrogens is 1. The molecule has 6 nitrogen and oxygen atoms in total. The largest absolute Gasteiger partial charge is 0.368 e. The summed E-state index contributed by atoms with van der Waals surface area (Å²) in [5, 5.41) is 19.4. The lowest BCUT2D eigenvalue weighted by atomic mass is 10.3. The first kappa shape index (κ1) is 8.49. The molecule has 1 heterocycles. The molecule has 0 aliphatic carbocycles. The molecule has 0 atom stereocenters. The van der Waals surface area contributed by atoms with Crippen LogP contribution in [-0.2, 0) is 0 Å². The van der Waals surface area contributed by atoms with Crippen molar-refractivity contribution in [2.45, 2.75) is 0 Å². The number of aromatic nitrogens is 4. The van der Waals surface area contributed by atoms with Gasteiger partial charge in [-0.2, -0.15) is 5.21 Å². The number of para-hydroxylation sites is 1. The van der Waals surface area contributed by atoms with Crippen molar-refractivity contribution in [2.75, 3.05) is 17.3 Å². The molecule has 2 rings (SSSR count). The van der Waals surface area contributed by atoms with Crippen molar-refractivity contribution in [1.82, 2.24) is 20.6 Å². The van der Waals surface area contributed by atoms with Crippen LogP contribution in [-0.4, -0.2) is 27.3 Å². The predicted molar refractivity (Wildman–Crippen MR) is 52.7 cm³/mol. The third-order valence-corrected chi connectivity index (χ3v) is 1.66. The molecule has 0 aliphatic rings. The monoisotopic (exact) mass is 190 g/mol. The summed E-state index contributed by atoms with van der Waals surface area (Å²) in [5.74, 6) is 0.480. The minimum Gasteiger partial charge on any atom is -0.368 e. The Bertz CT molecular complexity index is 357. The van der Waals surface area contributed by atoms with E-state index in [-0.39, 0.29) is 0 Å². The minimum absolute atomic E-state index is 0.480. The number of hydrogen-bond acceptors (Lipinski definition) is 5. The molecular formula is C8H10N6. The van der Waals surface area contributed by atoms with E-state index in [2.05, 4.69) is 31.3 Å². The zero-order valence-corrected chi connectivity index (χ0v) is 7.44. The van der Waals surface area contributed by atoms with Gasteiger partial charge in [0.1, 0.15) is 0 Å². The SMILES string of the molecule is c1ccc(NCNc2nn[nH]n2)cc1.